The van der Waals surface area contributed by atoms with Gasteiger partial charge in [-0.3, -0.25) is 9.63 Å². The van der Waals surface area contributed by atoms with Gasteiger partial charge in [-0.25, -0.2) is 5.06 Å². The first-order valence-corrected chi connectivity index (χ1v) is 5.68. The molecule has 1 N–H and O–H groups in total. The second-order valence-electron chi connectivity index (χ2n) is 3.34. The first-order valence-electron chi connectivity index (χ1n) is 4.60. The van der Waals surface area contributed by atoms with Crippen molar-refractivity contribution in [1.29, 1.82) is 0 Å². The molecule has 0 heterocycles. The van der Waals surface area contributed by atoms with Gasteiger partial charge in [0.15, 0.2) is 0 Å². The van der Waals surface area contributed by atoms with E-state index in [0.29, 0.717) is 12.1 Å². The van der Waals surface area contributed by atoms with Gasteiger partial charge in [0.05, 0.1) is 21.8 Å². The zero-order valence-corrected chi connectivity index (χ0v) is 11.5. The van der Waals surface area contributed by atoms with E-state index in [1.165, 1.54) is 14.2 Å². The van der Waals surface area contributed by atoms with Gasteiger partial charge in [0.2, 0.25) is 0 Å². The van der Waals surface area contributed by atoms with Crippen LogP contribution in [0.4, 0.5) is 13.2 Å². The number of halogens is 4. The molecule has 0 aliphatic heterocycles. The van der Waals surface area contributed by atoms with Crippen molar-refractivity contribution in [2.24, 2.45) is 0 Å². The Hall–Kier alpha value is -1.03. The number of hydrogen-bond acceptors (Lipinski definition) is 3. The number of phenolic OH excluding ortho intramolecular Hbond substituents is 1. The lowest BCUT2D eigenvalue weighted by molar-refractivity contribution is -0.137. The first-order chi connectivity index (χ1) is 8.18. The molecule has 100 valence electrons. The zero-order valence-electron chi connectivity index (χ0n) is 9.38. The average Bonchev–Trinajstić information content (AvgIpc) is 2.29. The van der Waals surface area contributed by atoms with E-state index in [2.05, 4.69) is 4.84 Å². The molecular weight excluding hydrogens is 366 g/mol. The van der Waals surface area contributed by atoms with Crippen LogP contribution >= 0.6 is 22.6 Å². The summed E-state index contributed by atoms with van der Waals surface area (Å²) in [6.45, 7) is 0. The molecule has 1 aromatic rings. The number of amides is 1. The molecule has 0 aliphatic rings. The van der Waals surface area contributed by atoms with E-state index in [4.69, 9.17) is 0 Å². The highest BCUT2D eigenvalue weighted by atomic mass is 127. The van der Waals surface area contributed by atoms with Crippen LogP contribution in [0.2, 0.25) is 0 Å². The minimum absolute atomic E-state index is 0.0366. The third-order valence-corrected chi connectivity index (χ3v) is 3.30. The number of carbonyl (C=O) groups is 1. The van der Waals surface area contributed by atoms with E-state index in [0.717, 1.165) is 5.06 Å². The summed E-state index contributed by atoms with van der Waals surface area (Å²) in [6, 6.07) is 1.25. The Kier molecular flexibility index (Phi) is 4.43. The first kappa shape index (κ1) is 15.0. The smallest absolute Gasteiger partial charge is 0.416 e. The number of nitrogens with zero attached hydrogens (tertiary/aromatic N) is 1. The molecule has 0 aliphatic carbocycles. The van der Waals surface area contributed by atoms with Gasteiger partial charge in [-0.15, -0.1) is 0 Å². The topological polar surface area (TPSA) is 49.8 Å². The molecule has 0 bridgehead atoms. The number of carbonyl (C=O) groups excluding carboxylic acids is 1. The molecule has 18 heavy (non-hydrogen) atoms. The van der Waals surface area contributed by atoms with Gasteiger partial charge in [0.25, 0.3) is 5.91 Å². The maximum absolute atomic E-state index is 12.6. The van der Waals surface area contributed by atoms with Gasteiger partial charge in [-0.05, 0) is 34.7 Å². The van der Waals surface area contributed by atoms with E-state index in [1.54, 1.807) is 22.6 Å². The predicted molar refractivity (Wildman–Crippen MR) is 64.9 cm³/mol. The van der Waals surface area contributed by atoms with Crippen LogP contribution in [0.5, 0.6) is 5.75 Å². The fourth-order valence-electron chi connectivity index (χ4n) is 1.18. The molecule has 1 rings (SSSR count). The summed E-state index contributed by atoms with van der Waals surface area (Å²) in [5.74, 6) is -1.37. The van der Waals surface area contributed by atoms with E-state index in [1.807, 2.05) is 0 Å². The predicted octanol–water partition coefficient (Wildman–Crippen LogP) is 2.65. The second-order valence-corrected chi connectivity index (χ2v) is 4.42. The van der Waals surface area contributed by atoms with Crippen molar-refractivity contribution in [3.63, 3.8) is 0 Å². The van der Waals surface area contributed by atoms with Crippen molar-refractivity contribution in [2.45, 2.75) is 6.18 Å². The van der Waals surface area contributed by atoms with Crippen molar-refractivity contribution >= 4 is 28.5 Å². The Morgan fingerprint density at radius 2 is 2.00 bits per heavy atom. The average molecular weight is 375 g/mol. The van der Waals surface area contributed by atoms with Crippen molar-refractivity contribution in [1.82, 2.24) is 5.06 Å². The van der Waals surface area contributed by atoms with E-state index < -0.39 is 23.4 Å². The summed E-state index contributed by atoms with van der Waals surface area (Å²) >= 11 is 1.59. The SMILES string of the molecule is CON(C)C(=O)c1cc(C(F)(F)F)cc(O)c1I. The van der Waals surface area contributed by atoms with E-state index in [9.17, 15) is 23.1 Å². The lowest BCUT2D eigenvalue weighted by Gasteiger charge is -2.16. The number of phenols is 1. The highest BCUT2D eigenvalue weighted by molar-refractivity contribution is 14.1. The summed E-state index contributed by atoms with van der Waals surface area (Å²) in [5.41, 5.74) is -1.36. The maximum Gasteiger partial charge on any atom is 0.416 e. The molecule has 4 nitrogen and oxygen atoms in total. The van der Waals surface area contributed by atoms with Gasteiger partial charge in [0, 0.05) is 7.05 Å². The fraction of sp³-hybridized carbons (Fsp3) is 0.300. The van der Waals surface area contributed by atoms with Crippen LogP contribution in [-0.2, 0) is 11.0 Å². The molecular formula is C10H9F3INO3. The summed E-state index contributed by atoms with van der Waals surface area (Å²) in [4.78, 5) is 16.3. The standard InChI is InChI=1S/C10H9F3INO3/c1-15(18-2)9(17)6-3-5(10(11,12)13)4-7(16)8(6)14/h3-4,16H,1-2H3. The minimum Gasteiger partial charge on any atom is -0.507 e. The normalized spacial score (nSPS) is 11.4. The summed E-state index contributed by atoms with van der Waals surface area (Å²) < 4.78 is 37.7. The monoisotopic (exact) mass is 375 g/mol. The minimum atomic E-state index is -4.64. The summed E-state index contributed by atoms with van der Waals surface area (Å²) in [7, 11) is 2.47. The van der Waals surface area contributed by atoms with Crippen LogP contribution in [-0.4, -0.2) is 30.2 Å². The maximum atomic E-state index is 12.6. The van der Waals surface area contributed by atoms with Crippen molar-refractivity contribution in [3.8, 4) is 5.75 Å². The van der Waals surface area contributed by atoms with Gasteiger partial charge in [-0.1, -0.05) is 0 Å². The third kappa shape index (κ3) is 3.05. The highest BCUT2D eigenvalue weighted by Crippen LogP contribution is 2.35. The van der Waals surface area contributed by atoms with Crippen LogP contribution in [0, 0.1) is 3.57 Å². The lowest BCUT2D eigenvalue weighted by atomic mass is 10.1. The Morgan fingerprint density at radius 3 is 2.44 bits per heavy atom. The Morgan fingerprint density at radius 1 is 1.44 bits per heavy atom. The van der Waals surface area contributed by atoms with Gasteiger partial charge >= 0.3 is 6.18 Å². The molecule has 1 aromatic carbocycles. The number of benzene rings is 1. The van der Waals surface area contributed by atoms with Crippen LogP contribution in [0.3, 0.4) is 0 Å². The van der Waals surface area contributed by atoms with Gasteiger partial charge in [-0.2, -0.15) is 13.2 Å². The summed E-state index contributed by atoms with van der Waals surface area (Å²) in [5, 5.41) is 10.2. The van der Waals surface area contributed by atoms with Crippen LogP contribution in [0.25, 0.3) is 0 Å². The Labute approximate surface area is 114 Å². The van der Waals surface area contributed by atoms with Crippen molar-refractivity contribution in [2.75, 3.05) is 14.2 Å². The van der Waals surface area contributed by atoms with Crippen LogP contribution < -0.4 is 0 Å². The highest BCUT2D eigenvalue weighted by Gasteiger charge is 2.33. The molecule has 1 amide bonds. The largest absolute Gasteiger partial charge is 0.507 e. The molecule has 0 saturated heterocycles. The number of alkyl halides is 3. The Balaban J connectivity index is 3.36. The molecule has 0 aromatic heterocycles. The molecule has 8 heteroatoms. The molecule has 0 fully saturated rings. The number of hydroxylamine groups is 2. The van der Waals surface area contributed by atoms with E-state index in [-0.39, 0.29) is 9.13 Å². The lowest BCUT2D eigenvalue weighted by Crippen LogP contribution is -2.26. The van der Waals surface area contributed by atoms with Crippen LogP contribution in [0.15, 0.2) is 12.1 Å². The molecule has 0 spiro atoms. The van der Waals surface area contributed by atoms with E-state index >= 15 is 0 Å². The number of rotatable bonds is 2. The van der Waals surface area contributed by atoms with Crippen LogP contribution in [0.1, 0.15) is 15.9 Å². The second kappa shape index (κ2) is 5.31. The Bertz CT molecular complexity index is 476. The molecule has 0 unspecified atom stereocenters. The molecule has 0 atom stereocenters. The fourth-order valence-corrected chi connectivity index (χ4v) is 1.72. The van der Waals surface area contributed by atoms with Crippen molar-refractivity contribution < 1.29 is 27.9 Å². The quantitative estimate of drug-likeness (QED) is 0.639. The third-order valence-electron chi connectivity index (χ3n) is 2.17. The number of aromatic hydroxyl groups is 1. The zero-order chi connectivity index (χ0) is 14.1. The van der Waals surface area contributed by atoms with Crippen molar-refractivity contribution in [3.05, 3.63) is 26.8 Å². The molecule has 0 saturated carbocycles. The number of hydrogen-bond donors (Lipinski definition) is 1. The summed E-state index contributed by atoms with van der Waals surface area (Å²) in [6.07, 6.45) is -4.64. The van der Waals surface area contributed by atoms with Gasteiger partial charge < -0.3 is 5.11 Å². The van der Waals surface area contributed by atoms with Gasteiger partial charge in [0.1, 0.15) is 5.75 Å². The molecule has 0 radical (unpaired) electrons.